The molecular formula is C48H65N7O10S. The number of aromatic amines is 1. The zero-order valence-corrected chi connectivity index (χ0v) is 39.6. The van der Waals surface area contributed by atoms with Crippen molar-refractivity contribution in [2.24, 2.45) is 11.1 Å². The first kappa shape index (κ1) is 52.8. The van der Waals surface area contributed by atoms with Gasteiger partial charge in [0.25, 0.3) is 0 Å². The lowest BCUT2D eigenvalue weighted by atomic mass is 9.71. The van der Waals surface area contributed by atoms with Crippen LogP contribution in [0.15, 0.2) is 75.7 Å². The molecule has 0 aliphatic heterocycles. The summed E-state index contributed by atoms with van der Waals surface area (Å²) in [5.41, 5.74) is 18.1. The number of aliphatic carboxylic acids is 2. The summed E-state index contributed by atoms with van der Waals surface area (Å²) in [4.78, 5) is 85.7. The van der Waals surface area contributed by atoms with Crippen LogP contribution in [-0.4, -0.2) is 103 Å². The van der Waals surface area contributed by atoms with E-state index in [0.29, 0.717) is 37.0 Å². The molecule has 1 amide bonds. The third-order valence-corrected chi connectivity index (χ3v) is 12.8. The minimum Gasteiger partial charge on any atom is -0.481 e. The number of H-pyrrole nitrogens is 1. The molecule has 18 heteroatoms. The second-order valence-electron chi connectivity index (χ2n) is 17.4. The molecule has 0 spiro atoms. The third kappa shape index (κ3) is 16.2. The van der Waals surface area contributed by atoms with Crippen LogP contribution in [-0.2, 0) is 41.7 Å². The fourth-order valence-corrected chi connectivity index (χ4v) is 9.69. The number of aromatic nitrogens is 4. The van der Waals surface area contributed by atoms with Gasteiger partial charge in [-0.15, -0.1) is 0 Å². The molecular weight excluding hydrogens is 867 g/mol. The van der Waals surface area contributed by atoms with E-state index in [1.54, 1.807) is 24.9 Å². The van der Waals surface area contributed by atoms with Gasteiger partial charge in [-0.3, -0.25) is 28.5 Å². The van der Waals surface area contributed by atoms with Gasteiger partial charge in [0.05, 0.1) is 25.6 Å². The van der Waals surface area contributed by atoms with E-state index in [-0.39, 0.29) is 78.6 Å². The number of thioether (sulfide) groups is 1. The molecule has 17 nitrogen and oxygen atoms in total. The molecule has 3 unspecified atom stereocenters. The van der Waals surface area contributed by atoms with E-state index >= 15 is 0 Å². The average molecular weight is 932 g/mol. The molecule has 0 fully saturated rings. The number of Topliss-reactive ketones (excluding diaryl/α,β-unsaturated/α-hetero) is 1. The van der Waals surface area contributed by atoms with Crippen molar-refractivity contribution >= 4 is 58.2 Å². The summed E-state index contributed by atoms with van der Waals surface area (Å²) in [5.74, 6) is -2.99. The average Bonchev–Trinajstić information content (AvgIpc) is 3.56. The monoisotopic (exact) mass is 931 g/mol. The van der Waals surface area contributed by atoms with E-state index in [2.05, 4.69) is 41.0 Å². The number of imidazole rings is 1. The smallest absolute Gasteiger partial charge is 0.328 e. The lowest BCUT2D eigenvalue weighted by molar-refractivity contribution is -0.139. The third-order valence-electron chi connectivity index (χ3n) is 11.4. The van der Waals surface area contributed by atoms with Gasteiger partial charge >= 0.3 is 23.6 Å². The Labute approximate surface area is 389 Å². The highest BCUT2D eigenvalue weighted by molar-refractivity contribution is 8.00. The number of hydrogen-bond donors (Lipinski definition) is 6. The molecule has 4 rings (SSSR count). The topological polar surface area (TPSA) is 272 Å². The van der Waals surface area contributed by atoms with Gasteiger partial charge in [0, 0.05) is 37.4 Å². The number of nitrogen functional groups attached to an aromatic ring is 1. The van der Waals surface area contributed by atoms with Crippen molar-refractivity contribution in [1.82, 2.24) is 24.8 Å². The van der Waals surface area contributed by atoms with Gasteiger partial charge in [-0.2, -0.15) is 21.7 Å². The normalized spacial score (nSPS) is 15.7. The summed E-state index contributed by atoms with van der Waals surface area (Å²) in [6, 6.07) is 5.53. The number of nitrogens with two attached hydrogens (primary N) is 2. The zero-order valence-electron chi connectivity index (χ0n) is 38.8. The number of aryl methyl sites for hydroxylation is 1. The number of allylic oxidation sites excluding steroid dienone is 7. The summed E-state index contributed by atoms with van der Waals surface area (Å²) in [5, 5.41) is 21.1. The minimum atomic E-state index is -1.23. The van der Waals surface area contributed by atoms with Crippen molar-refractivity contribution in [3.63, 3.8) is 0 Å². The number of amides is 1. The first-order valence-electron chi connectivity index (χ1n) is 22.1. The minimum absolute atomic E-state index is 0.0178. The molecule has 0 saturated heterocycles. The number of nitrogens with zero attached hydrogens (tertiary/aromatic N) is 3. The van der Waals surface area contributed by atoms with Gasteiger partial charge in [-0.25, -0.2) is 4.79 Å². The van der Waals surface area contributed by atoms with Crippen molar-refractivity contribution in [3.05, 3.63) is 92.5 Å². The van der Waals surface area contributed by atoms with E-state index < -0.39 is 35.7 Å². The van der Waals surface area contributed by atoms with Crippen LogP contribution in [0, 0.1) is 5.41 Å². The maximum Gasteiger partial charge on any atom is 0.328 e. The summed E-state index contributed by atoms with van der Waals surface area (Å²) in [6.45, 7) is 11.3. The fraction of sp³-hybridized carbons (Fsp3) is 0.500. The Bertz CT molecular complexity index is 2400. The Morgan fingerprint density at radius 3 is 2.41 bits per heavy atom. The Hall–Kier alpha value is -5.85. The summed E-state index contributed by atoms with van der Waals surface area (Å²) < 4.78 is 12.0. The van der Waals surface area contributed by atoms with E-state index in [9.17, 15) is 33.9 Å². The summed E-state index contributed by atoms with van der Waals surface area (Å²) in [6.07, 6.45) is 11.0. The number of carboxylic acids is 2. The van der Waals surface area contributed by atoms with Crippen molar-refractivity contribution in [2.75, 3.05) is 31.8 Å². The number of benzene rings is 1. The molecule has 66 heavy (non-hydrogen) atoms. The molecule has 1 aliphatic rings. The fourth-order valence-electron chi connectivity index (χ4n) is 7.92. The predicted molar refractivity (Wildman–Crippen MR) is 255 cm³/mol. The standard InChI is InChI=1S/C48H65N7O10S/c1-29(25-34(56)17-16-32-12-14-33(15-13-32)27-55-44-42(52-47(55)63)43(50)53-46(54-44)65-24-23-64-6)9-7-10-30(2)26-38(41-31(3)11-8-22-48(41,4)5)66-28-36(37(57)19-21-40(59)60)51-39(58)20-18-35(49)45(61)62/h7,9-10,12-15,25,35-36,38H,8,11,16-24,26-28,49H2,1-6H3,(H,51,58)(H,52,63)(H,59,60)(H,61,62)(H2,50,53,54)/b9-7+,29-25+,30-10+. The number of methoxy groups -OCH3 is 1. The lowest BCUT2D eigenvalue weighted by Crippen LogP contribution is -2.44. The van der Waals surface area contributed by atoms with Crippen LogP contribution < -0.4 is 27.2 Å². The van der Waals surface area contributed by atoms with E-state index in [1.165, 1.54) is 15.7 Å². The largest absolute Gasteiger partial charge is 0.481 e. The molecule has 2 heterocycles. The van der Waals surface area contributed by atoms with E-state index in [0.717, 1.165) is 41.5 Å². The zero-order chi connectivity index (χ0) is 48.6. The molecule has 1 aromatic carbocycles. The maximum absolute atomic E-state index is 13.3. The predicted octanol–water partition coefficient (Wildman–Crippen LogP) is 5.86. The quantitative estimate of drug-likeness (QED) is 0.0226. The number of carboxylic acid groups (broad SMARTS) is 2. The molecule has 358 valence electrons. The highest BCUT2D eigenvalue weighted by atomic mass is 32.2. The Balaban J connectivity index is 1.39. The van der Waals surface area contributed by atoms with Gasteiger partial charge in [-0.1, -0.05) is 73.1 Å². The van der Waals surface area contributed by atoms with Crippen molar-refractivity contribution < 1.29 is 43.7 Å². The molecule has 1 aliphatic carbocycles. The number of ether oxygens (including phenoxy) is 2. The lowest BCUT2D eigenvalue weighted by Gasteiger charge is -2.39. The molecule has 0 saturated carbocycles. The molecule has 0 bridgehead atoms. The highest BCUT2D eigenvalue weighted by Gasteiger charge is 2.35. The van der Waals surface area contributed by atoms with Gasteiger partial charge in [0.2, 0.25) is 5.91 Å². The van der Waals surface area contributed by atoms with Crippen LogP contribution in [0.5, 0.6) is 6.01 Å². The maximum atomic E-state index is 13.3. The second kappa shape index (κ2) is 25.2. The van der Waals surface area contributed by atoms with Crippen LogP contribution in [0.25, 0.3) is 11.2 Å². The van der Waals surface area contributed by atoms with E-state index in [1.807, 2.05) is 56.3 Å². The molecule has 0 radical (unpaired) electrons. The van der Waals surface area contributed by atoms with Crippen molar-refractivity contribution in [3.8, 4) is 6.01 Å². The Morgan fingerprint density at radius 2 is 1.74 bits per heavy atom. The number of fused-ring (bicyclic) bond motifs is 1. The van der Waals surface area contributed by atoms with Gasteiger partial charge < -0.3 is 41.5 Å². The van der Waals surface area contributed by atoms with Crippen molar-refractivity contribution in [1.29, 1.82) is 0 Å². The Kier molecular flexibility index (Phi) is 20.1. The van der Waals surface area contributed by atoms with Gasteiger partial charge in [0.1, 0.15) is 18.2 Å². The Morgan fingerprint density at radius 1 is 1.03 bits per heavy atom. The van der Waals surface area contributed by atoms with Crippen LogP contribution >= 0.6 is 11.8 Å². The number of rotatable bonds is 27. The number of anilines is 1. The van der Waals surface area contributed by atoms with Crippen LogP contribution in [0.1, 0.15) is 104 Å². The SMILES string of the molecule is COCCOc1nc(N)c2[nH]c(=O)n(Cc3ccc(CCC(=O)/C=C(C)/C=C/C=C(\C)CC(SCC(NC(=O)CCC(N)C(=O)O)C(=O)CCC(=O)O)C4=C(C)CCCC4(C)C)cc3)c2n1. The molecule has 2 aromatic heterocycles. The second-order valence-corrected chi connectivity index (χ2v) is 18.6. The van der Waals surface area contributed by atoms with Gasteiger partial charge in [0.15, 0.2) is 23.0 Å². The molecule has 3 aromatic rings. The van der Waals surface area contributed by atoms with Crippen LogP contribution in [0.3, 0.4) is 0 Å². The number of ketones is 2. The van der Waals surface area contributed by atoms with Crippen LogP contribution in [0.2, 0.25) is 0 Å². The molecule has 3 atom stereocenters. The summed E-state index contributed by atoms with van der Waals surface area (Å²) >= 11 is 1.55. The number of hydrogen-bond acceptors (Lipinski definition) is 13. The van der Waals surface area contributed by atoms with Crippen LogP contribution in [0.4, 0.5) is 5.82 Å². The van der Waals surface area contributed by atoms with Crippen molar-refractivity contribution in [2.45, 2.75) is 123 Å². The first-order chi connectivity index (χ1) is 31.3. The number of nitrogens with one attached hydrogen (secondary N) is 2. The summed E-state index contributed by atoms with van der Waals surface area (Å²) in [7, 11) is 1.55. The molecule has 8 N–H and O–H groups in total. The number of carbonyl (C=O) groups is 5. The van der Waals surface area contributed by atoms with E-state index in [4.69, 9.17) is 26.0 Å². The number of carbonyl (C=O) groups excluding carboxylic acids is 3. The van der Waals surface area contributed by atoms with Gasteiger partial charge in [-0.05, 0) is 87.5 Å². The highest BCUT2D eigenvalue weighted by Crippen LogP contribution is 2.46. The first-order valence-corrected chi connectivity index (χ1v) is 23.2.